The molecule has 0 aliphatic rings. The first-order valence-corrected chi connectivity index (χ1v) is 6.03. The fraction of sp³-hybridized carbons (Fsp3) is 0.667. The summed E-state index contributed by atoms with van der Waals surface area (Å²) in [5.74, 6) is 0.551. The van der Waals surface area contributed by atoms with Crippen LogP contribution in [0.25, 0.3) is 0 Å². The molecule has 0 bridgehead atoms. The van der Waals surface area contributed by atoms with Crippen LogP contribution in [0.3, 0.4) is 0 Å². The largest absolute Gasteiger partial charge is 0.394 e. The van der Waals surface area contributed by atoms with Crippen LogP contribution >= 0.6 is 0 Å². The topological polar surface area (TPSA) is 67.2 Å². The van der Waals surface area contributed by atoms with Crippen LogP contribution in [-0.4, -0.2) is 27.3 Å². The molecule has 0 aromatic carbocycles. The highest BCUT2D eigenvalue weighted by Gasteiger charge is 2.14. The highest BCUT2D eigenvalue weighted by Crippen LogP contribution is 2.06. The molecule has 0 fully saturated rings. The molecular formula is C12H21N3O2. The van der Waals surface area contributed by atoms with E-state index in [-0.39, 0.29) is 24.1 Å². The van der Waals surface area contributed by atoms with Gasteiger partial charge in [0, 0.05) is 18.9 Å². The smallest absolute Gasteiger partial charge is 0.293 e. The Hall–Kier alpha value is -1.36. The van der Waals surface area contributed by atoms with E-state index >= 15 is 0 Å². The van der Waals surface area contributed by atoms with Gasteiger partial charge in [-0.25, -0.2) is 4.98 Å². The van der Waals surface area contributed by atoms with Gasteiger partial charge in [0.1, 0.15) is 0 Å². The predicted molar refractivity (Wildman–Crippen MR) is 68.1 cm³/mol. The monoisotopic (exact) mass is 239 g/mol. The van der Waals surface area contributed by atoms with Gasteiger partial charge in [-0.3, -0.25) is 4.79 Å². The van der Waals surface area contributed by atoms with Crippen molar-refractivity contribution in [2.75, 3.05) is 11.9 Å². The summed E-state index contributed by atoms with van der Waals surface area (Å²) in [6.45, 7) is 6.66. The molecule has 1 atom stereocenters. The zero-order chi connectivity index (χ0) is 12.8. The summed E-state index contributed by atoms with van der Waals surface area (Å²) in [6.07, 6.45) is 4.19. The summed E-state index contributed by atoms with van der Waals surface area (Å²) in [6, 6.07) is -0.146. The van der Waals surface area contributed by atoms with Gasteiger partial charge in [0.05, 0.1) is 12.6 Å². The predicted octanol–water partition coefficient (Wildman–Crippen LogP) is 1.08. The lowest BCUT2D eigenvalue weighted by atomic mass is 10.1. The number of rotatable bonds is 6. The minimum atomic E-state index is -0.146. The molecular weight excluding hydrogens is 218 g/mol. The Bertz CT molecular complexity index is 401. The standard InChI is InChI=1S/C12H21N3O2/c1-4-6-15-7-5-13-11(12(15)17)14-10(8-16)9(2)3/h5,7,9-10,16H,4,6,8H2,1-3H3,(H,13,14). The van der Waals surface area contributed by atoms with Crippen LogP contribution in [-0.2, 0) is 6.54 Å². The molecule has 0 aliphatic carbocycles. The molecule has 17 heavy (non-hydrogen) atoms. The lowest BCUT2D eigenvalue weighted by molar-refractivity contribution is 0.249. The van der Waals surface area contributed by atoms with E-state index in [0.29, 0.717) is 12.4 Å². The molecule has 0 radical (unpaired) electrons. The highest BCUT2D eigenvalue weighted by molar-refractivity contribution is 5.32. The van der Waals surface area contributed by atoms with E-state index in [4.69, 9.17) is 0 Å². The zero-order valence-electron chi connectivity index (χ0n) is 10.7. The van der Waals surface area contributed by atoms with Gasteiger partial charge in [0.15, 0.2) is 5.82 Å². The molecule has 0 aliphatic heterocycles. The van der Waals surface area contributed by atoms with Gasteiger partial charge >= 0.3 is 0 Å². The minimum absolute atomic E-state index is 0.0124. The average Bonchev–Trinajstić information content (AvgIpc) is 2.30. The van der Waals surface area contributed by atoms with Crippen LogP contribution in [0.2, 0.25) is 0 Å². The van der Waals surface area contributed by atoms with Gasteiger partial charge < -0.3 is 15.0 Å². The maximum Gasteiger partial charge on any atom is 0.293 e. The Labute approximate surface area is 102 Å². The number of aliphatic hydroxyl groups excluding tert-OH is 1. The first kappa shape index (κ1) is 13.7. The van der Waals surface area contributed by atoms with E-state index < -0.39 is 0 Å². The van der Waals surface area contributed by atoms with Crippen LogP contribution in [0.5, 0.6) is 0 Å². The Kier molecular flexibility index (Phi) is 5.15. The quantitative estimate of drug-likeness (QED) is 0.779. The van der Waals surface area contributed by atoms with E-state index in [1.54, 1.807) is 17.0 Å². The van der Waals surface area contributed by atoms with Crippen LogP contribution in [0.1, 0.15) is 27.2 Å². The van der Waals surface area contributed by atoms with Crippen LogP contribution < -0.4 is 10.9 Å². The minimum Gasteiger partial charge on any atom is -0.394 e. The van der Waals surface area contributed by atoms with Gasteiger partial charge in [0.2, 0.25) is 0 Å². The third kappa shape index (κ3) is 3.56. The van der Waals surface area contributed by atoms with Gasteiger partial charge in [-0.05, 0) is 12.3 Å². The molecule has 0 saturated heterocycles. The number of aliphatic hydroxyl groups is 1. The maximum atomic E-state index is 12.0. The summed E-state index contributed by atoms with van der Waals surface area (Å²) >= 11 is 0. The van der Waals surface area contributed by atoms with E-state index in [0.717, 1.165) is 6.42 Å². The molecule has 1 rings (SSSR count). The second kappa shape index (κ2) is 6.39. The van der Waals surface area contributed by atoms with E-state index in [2.05, 4.69) is 10.3 Å². The molecule has 0 saturated carbocycles. The molecule has 1 aromatic heterocycles. The number of anilines is 1. The molecule has 0 spiro atoms. The summed E-state index contributed by atoms with van der Waals surface area (Å²) in [7, 11) is 0. The van der Waals surface area contributed by atoms with Crippen molar-refractivity contribution in [2.45, 2.75) is 39.8 Å². The van der Waals surface area contributed by atoms with Crippen molar-refractivity contribution < 1.29 is 5.11 Å². The van der Waals surface area contributed by atoms with Crippen molar-refractivity contribution >= 4 is 5.82 Å². The Balaban J connectivity index is 2.91. The normalized spacial score (nSPS) is 12.8. The van der Waals surface area contributed by atoms with Gasteiger partial charge in [0.25, 0.3) is 5.56 Å². The molecule has 1 heterocycles. The van der Waals surface area contributed by atoms with E-state index in [1.807, 2.05) is 20.8 Å². The average molecular weight is 239 g/mol. The molecule has 5 nitrogen and oxygen atoms in total. The van der Waals surface area contributed by atoms with Crippen molar-refractivity contribution in [3.63, 3.8) is 0 Å². The summed E-state index contributed by atoms with van der Waals surface area (Å²) < 4.78 is 1.63. The summed E-state index contributed by atoms with van der Waals surface area (Å²) in [5.41, 5.74) is -0.131. The Morgan fingerprint density at radius 3 is 2.76 bits per heavy atom. The number of nitrogens with one attached hydrogen (secondary N) is 1. The third-order valence-corrected chi connectivity index (χ3v) is 2.70. The number of nitrogens with zero attached hydrogens (tertiary/aromatic N) is 2. The molecule has 1 unspecified atom stereocenters. The first-order chi connectivity index (χ1) is 8.10. The molecule has 0 amide bonds. The van der Waals surface area contributed by atoms with Crippen molar-refractivity contribution in [3.05, 3.63) is 22.7 Å². The maximum absolute atomic E-state index is 12.0. The van der Waals surface area contributed by atoms with Crippen molar-refractivity contribution in [1.29, 1.82) is 0 Å². The fourth-order valence-corrected chi connectivity index (χ4v) is 1.56. The lowest BCUT2D eigenvalue weighted by Crippen LogP contribution is -2.34. The lowest BCUT2D eigenvalue weighted by Gasteiger charge is -2.20. The molecule has 5 heteroatoms. The second-order valence-corrected chi connectivity index (χ2v) is 4.45. The van der Waals surface area contributed by atoms with Crippen molar-refractivity contribution in [2.24, 2.45) is 5.92 Å². The number of hydrogen-bond donors (Lipinski definition) is 2. The Morgan fingerprint density at radius 1 is 1.53 bits per heavy atom. The third-order valence-electron chi connectivity index (χ3n) is 2.70. The van der Waals surface area contributed by atoms with Crippen molar-refractivity contribution in [1.82, 2.24) is 9.55 Å². The van der Waals surface area contributed by atoms with Crippen LogP contribution in [0.15, 0.2) is 17.2 Å². The Morgan fingerprint density at radius 2 is 2.24 bits per heavy atom. The van der Waals surface area contributed by atoms with Crippen LogP contribution in [0.4, 0.5) is 5.82 Å². The first-order valence-electron chi connectivity index (χ1n) is 6.03. The molecule has 2 N–H and O–H groups in total. The van der Waals surface area contributed by atoms with E-state index in [1.165, 1.54) is 0 Å². The summed E-state index contributed by atoms with van der Waals surface area (Å²) in [5, 5.41) is 12.2. The van der Waals surface area contributed by atoms with E-state index in [9.17, 15) is 9.90 Å². The van der Waals surface area contributed by atoms with Gasteiger partial charge in [-0.2, -0.15) is 0 Å². The molecule has 96 valence electrons. The number of hydrogen-bond acceptors (Lipinski definition) is 4. The zero-order valence-corrected chi connectivity index (χ0v) is 10.7. The van der Waals surface area contributed by atoms with Gasteiger partial charge in [-0.15, -0.1) is 0 Å². The number of aromatic nitrogens is 2. The highest BCUT2D eigenvalue weighted by atomic mass is 16.3. The molecule has 1 aromatic rings. The van der Waals surface area contributed by atoms with Gasteiger partial charge in [-0.1, -0.05) is 20.8 Å². The second-order valence-electron chi connectivity index (χ2n) is 4.45. The number of aryl methyl sites for hydroxylation is 1. The van der Waals surface area contributed by atoms with Crippen LogP contribution in [0, 0.1) is 5.92 Å². The summed E-state index contributed by atoms with van der Waals surface area (Å²) in [4.78, 5) is 16.0. The fourth-order valence-electron chi connectivity index (χ4n) is 1.56. The SMILES string of the molecule is CCCn1ccnc(NC(CO)C(C)C)c1=O. The van der Waals surface area contributed by atoms with Crippen molar-refractivity contribution in [3.8, 4) is 0 Å².